The highest BCUT2D eigenvalue weighted by atomic mass is 35.5. The first-order chi connectivity index (χ1) is 15.6. The zero-order chi connectivity index (χ0) is 22.5. The van der Waals surface area contributed by atoms with Crippen molar-refractivity contribution in [2.24, 2.45) is 5.10 Å². The summed E-state index contributed by atoms with van der Waals surface area (Å²) in [6, 6.07) is 22.6. The molecule has 0 aliphatic carbocycles. The fourth-order valence-corrected chi connectivity index (χ4v) is 4.22. The number of carbonyl (C=O) groups is 1. The molecule has 3 aromatic carbocycles. The summed E-state index contributed by atoms with van der Waals surface area (Å²) in [6.07, 6.45) is 1.84. The minimum absolute atomic E-state index is 0.169. The van der Waals surface area contributed by atoms with Crippen molar-refractivity contribution in [2.45, 2.75) is 4.90 Å². The molecule has 5 nitrogen and oxygen atoms in total. The first kappa shape index (κ1) is 22.0. The summed E-state index contributed by atoms with van der Waals surface area (Å²) in [7, 11) is 3.18. The Hall–Kier alpha value is -3.22. The molecule has 4 rings (SSSR count). The highest BCUT2D eigenvalue weighted by Gasteiger charge is 2.31. The van der Waals surface area contributed by atoms with Crippen LogP contribution in [0, 0.1) is 0 Å². The average Bonchev–Trinajstić information content (AvgIpc) is 3.14. The van der Waals surface area contributed by atoms with E-state index in [0.29, 0.717) is 33.6 Å². The van der Waals surface area contributed by atoms with E-state index in [1.165, 1.54) is 5.01 Å². The van der Waals surface area contributed by atoms with Gasteiger partial charge in [0.1, 0.15) is 0 Å². The van der Waals surface area contributed by atoms with E-state index in [1.54, 1.807) is 26.0 Å². The molecule has 0 spiro atoms. The van der Waals surface area contributed by atoms with Crippen molar-refractivity contribution in [3.63, 3.8) is 0 Å². The molecular weight excluding hydrogens is 444 g/mol. The summed E-state index contributed by atoms with van der Waals surface area (Å²) >= 11 is 7.59. The number of hydrogen-bond donors (Lipinski definition) is 0. The Morgan fingerprint density at radius 2 is 1.69 bits per heavy atom. The predicted molar refractivity (Wildman–Crippen MR) is 131 cm³/mol. The van der Waals surface area contributed by atoms with Crippen molar-refractivity contribution in [2.75, 3.05) is 25.0 Å². The monoisotopic (exact) mass is 464 g/mol. The number of amides is 1. The number of ether oxygens (including phenoxy) is 2. The first-order valence-corrected chi connectivity index (χ1v) is 11.2. The number of hydrazone groups is 1. The number of thioether (sulfide) groups is 1. The fraction of sp³-hybridized carbons (Fsp3) is 0.120. The Labute approximate surface area is 196 Å². The van der Waals surface area contributed by atoms with Gasteiger partial charge in [0, 0.05) is 15.7 Å². The van der Waals surface area contributed by atoms with Crippen LogP contribution in [0.25, 0.3) is 6.08 Å². The van der Waals surface area contributed by atoms with Crippen LogP contribution in [-0.4, -0.2) is 31.6 Å². The number of anilines is 1. The Bertz CT molecular complexity index is 1180. The van der Waals surface area contributed by atoms with Crippen LogP contribution in [0.15, 0.2) is 88.4 Å². The van der Waals surface area contributed by atoms with Crippen LogP contribution in [0.3, 0.4) is 0 Å². The number of hydrogen-bond acceptors (Lipinski definition) is 5. The van der Waals surface area contributed by atoms with Gasteiger partial charge < -0.3 is 9.47 Å². The third-order valence-electron chi connectivity index (χ3n) is 4.86. The SMILES string of the molecule is COc1ccc(/C=C2\C(=O)N(c3ccccc3)N=C2CSc2ccc(Cl)cc2)cc1OC. The van der Waals surface area contributed by atoms with Gasteiger partial charge in [-0.3, -0.25) is 4.79 Å². The molecule has 0 N–H and O–H groups in total. The molecule has 1 aliphatic heterocycles. The van der Waals surface area contributed by atoms with Gasteiger partial charge in [-0.1, -0.05) is 35.9 Å². The van der Waals surface area contributed by atoms with Crippen LogP contribution in [0.2, 0.25) is 5.02 Å². The Kier molecular flexibility index (Phi) is 6.83. The molecular formula is C25H21ClN2O3S. The predicted octanol–water partition coefficient (Wildman–Crippen LogP) is 5.94. The molecule has 0 unspecified atom stereocenters. The molecule has 1 amide bonds. The van der Waals surface area contributed by atoms with Crippen molar-refractivity contribution in [1.82, 2.24) is 0 Å². The van der Waals surface area contributed by atoms with E-state index in [1.807, 2.05) is 78.9 Å². The van der Waals surface area contributed by atoms with Gasteiger partial charge in [0.05, 0.1) is 31.2 Å². The second-order valence-corrected chi connectivity index (χ2v) is 8.40. The second kappa shape index (κ2) is 9.94. The van der Waals surface area contributed by atoms with Crippen molar-refractivity contribution < 1.29 is 14.3 Å². The minimum Gasteiger partial charge on any atom is -0.493 e. The molecule has 7 heteroatoms. The molecule has 0 bridgehead atoms. The van der Waals surface area contributed by atoms with Crippen LogP contribution in [0.5, 0.6) is 11.5 Å². The van der Waals surface area contributed by atoms with Crippen molar-refractivity contribution in [3.05, 3.63) is 89.0 Å². The Morgan fingerprint density at radius 3 is 2.38 bits per heavy atom. The smallest absolute Gasteiger partial charge is 0.280 e. The molecule has 1 heterocycles. The van der Waals surface area contributed by atoms with Crippen molar-refractivity contribution >= 4 is 46.7 Å². The summed E-state index contributed by atoms with van der Waals surface area (Å²) in [5.41, 5.74) is 2.79. The van der Waals surface area contributed by atoms with E-state index in [-0.39, 0.29) is 5.91 Å². The molecule has 0 fully saturated rings. The zero-order valence-corrected chi connectivity index (χ0v) is 19.2. The summed E-state index contributed by atoms with van der Waals surface area (Å²) in [4.78, 5) is 14.4. The highest BCUT2D eigenvalue weighted by molar-refractivity contribution is 8.00. The maximum Gasteiger partial charge on any atom is 0.280 e. The van der Waals surface area contributed by atoms with Gasteiger partial charge in [-0.05, 0) is 60.2 Å². The van der Waals surface area contributed by atoms with Crippen LogP contribution < -0.4 is 14.5 Å². The molecule has 0 saturated carbocycles. The lowest BCUT2D eigenvalue weighted by molar-refractivity contribution is -0.114. The zero-order valence-electron chi connectivity index (χ0n) is 17.6. The normalized spacial score (nSPS) is 14.6. The maximum absolute atomic E-state index is 13.3. The van der Waals surface area contributed by atoms with E-state index in [4.69, 9.17) is 21.1 Å². The lowest BCUT2D eigenvalue weighted by atomic mass is 10.1. The quantitative estimate of drug-likeness (QED) is 0.321. The van der Waals surface area contributed by atoms with E-state index in [9.17, 15) is 4.79 Å². The number of carbonyl (C=O) groups excluding carboxylic acids is 1. The lowest BCUT2D eigenvalue weighted by Crippen LogP contribution is -2.21. The summed E-state index contributed by atoms with van der Waals surface area (Å²) in [6.45, 7) is 0. The molecule has 162 valence electrons. The van der Waals surface area contributed by atoms with Crippen LogP contribution in [0.4, 0.5) is 5.69 Å². The van der Waals surface area contributed by atoms with Crippen LogP contribution >= 0.6 is 23.4 Å². The summed E-state index contributed by atoms with van der Waals surface area (Å²) in [5, 5.41) is 6.79. The Morgan fingerprint density at radius 1 is 0.969 bits per heavy atom. The molecule has 0 atom stereocenters. The van der Waals surface area contributed by atoms with Gasteiger partial charge in [0.15, 0.2) is 11.5 Å². The maximum atomic E-state index is 13.3. The Balaban J connectivity index is 1.67. The number of nitrogens with zero attached hydrogens (tertiary/aromatic N) is 2. The second-order valence-electron chi connectivity index (χ2n) is 6.91. The molecule has 3 aromatic rings. The van der Waals surface area contributed by atoms with E-state index >= 15 is 0 Å². The first-order valence-electron chi connectivity index (χ1n) is 9.88. The average molecular weight is 465 g/mol. The van der Waals surface area contributed by atoms with Gasteiger partial charge in [0.25, 0.3) is 5.91 Å². The van der Waals surface area contributed by atoms with Gasteiger partial charge in [-0.2, -0.15) is 10.1 Å². The van der Waals surface area contributed by atoms with Gasteiger partial charge >= 0.3 is 0 Å². The standard InChI is InChI=1S/C25H21ClN2O3S/c1-30-23-13-8-17(15-24(23)31-2)14-21-22(16-32-20-11-9-18(26)10-12-20)27-28(25(21)29)19-6-4-3-5-7-19/h3-15H,16H2,1-2H3/b21-14-. The summed E-state index contributed by atoms with van der Waals surface area (Å²) < 4.78 is 10.7. The lowest BCUT2D eigenvalue weighted by Gasteiger charge is -2.11. The summed E-state index contributed by atoms with van der Waals surface area (Å²) in [5.74, 6) is 1.60. The number of methoxy groups -OCH3 is 2. The number of halogens is 1. The van der Waals surface area contributed by atoms with E-state index in [2.05, 4.69) is 5.10 Å². The highest BCUT2D eigenvalue weighted by Crippen LogP contribution is 2.31. The largest absolute Gasteiger partial charge is 0.493 e. The minimum atomic E-state index is -0.169. The number of rotatable bonds is 7. The van der Waals surface area contributed by atoms with Crippen LogP contribution in [-0.2, 0) is 4.79 Å². The number of para-hydroxylation sites is 1. The molecule has 1 aliphatic rings. The molecule has 32 heavy (non-hydrogen) atoms. The fourth-order valence-electron chi connectivity index (χ4n) is 3.25. The topological polar surface area (TPSA) is 51.1 Å². The van der Waals surface area contributed by atoms with Gasteiger partial charge in [-0.15, -0.1) is 11.8 Å². The number of benzene rings is 3. The molecule has 0 aromatic heterocycles. The third kappa shape index (κ3) is 4.82. The molecule has 0 saturated heterocycles. The van der Waals surface area contributed by atoms with Crippen molar-refractivity contribution in [3.8, 4) is 11.5 Å². The van der Waals surface area contributed by atoms with Crippen molar-refractivity contribution in [1.29, 1.82) is 0 Å². The third-order valence-corrected chi connectivity index (χ3v) is 6.14. The van der Waals surface area contributed by atoms with Gasteiger partial charge in [-0.25, -0.2) is 0 Å². The molecule has 0 radical (unpaired) electrons. The van der Waals surface area contributed by atoms with Crippen LogP contribution in [0.1, 0.15) is 5.56 Å². The van der Waals surface area contributed by atoms with Gasteiger partial charge in [0.2, 0.25) is 0 Å². The van der Waals surface area contributed by atoms with E-state index in [0.717, 1.165) is 16.1 Å². The van der Waals surface area contributed by atoms with E-state index < -0.39 is 0 Å².